The second-order valence-corrected chi connectivity index (χ2v) is 10.8. The maximum Gasteiger partial charge on any atom is 0.311 e. The zero-order chi connectivity index (χ0) is 23.0. The molecule has 0 unspecified atom stereocenters. The van der Waals surface area contributed by atoms with Gasteiger partial charge in [0.1, 0.15) is 0 Å². The van der Waals surface area contributed by atoms with E-state index >= 15 is 0 Å². The van der Waals surface area contributed by atoms with Gasteiger partial charge in [0.15, 0.2) is 4.34 Å². The van der Waals surface area contributed by atoms with E-state index in [0.717, 1.165) is 5.56 Å². The molecule has 0 N–H and O–H groups in total. The molecule has 0 saturated carbocycles. The zero-order valence-electron chi connectivity index (χ0n) is 17.7. The summed E-state index contributed by atoms with van der Waals surface area (Å²) in [4.78, 5) is 30.1. The van der Waals surface area contributed by atoms with Crippen LogP contribution in [0.25, 0.3) is 6.08 Å². The monoisotopic (exact) mass is 495 g/mol. The fourth-order valence-electron chi connectivity index (χ4n) is 3.02. The predicted molar refractivity (Wildman–Crippen MR) is 126 cm³/mol. The number of rotatable bonds is 9. The largest absolute Gasteiger partial charge is 0.466 e. The van der Waals surface area contributed by atoms with E-state index in [2.05, 4.69) is 4.98 Å². The van der Waals surface area contributed by atoms with E-state index in [4.69, 9.17) is 4.74 Å². The van der Waals surface area contributed by atoms with Crippen LogP contribution >= 0.6 is 23.1 Å². The molecule has 32 heavy (non-hydrogen) atoms. The summed E-state index contributed by atoms with van der Waals surface area (Å²) in [6.07, 6.45) is 1.70. The van der Waals surface area contributed by atoms with Gasteiger partial charge in [0.25, 0.3) is 0 Å². The number of piperazine rings is 1. The normalized spacial score (nSPS) is 15.2. The molecule has 0 spiro atoms. The van der Waals surface area contributed by atoms with Gasteiger partial charge in [-0.05, 0) is 18.6 Å². The second kappa shape index (κ2) is 11.6. The smallest absolute Gasteiger partial charge is 0.311 e. The number of thiazole rings is 1. The van der Waals surface area contributed by atoms with Crippen molar-refractivity contribution in [3.8, 4) is 0 Å². The highest BCUT2D eigenvalue weighted by Crippen LogP contribution is 2.24. The first-order valence-electron chi connectivity index (χ1n) is 10.1. The molecular weight excluding hydrogens is 470 g/mol. The van der Waals surface area contributed by atoms with Gasteiger partial charge in [0.2, 0.25) is 15.9 Å². The third kappa shape index (κ3) is 7.16. The van der Waals surface area contributed by atoms with Gasteiger partial charge < -0.3 is 9.64 Å². The molecule has 11 heteroatoms. The van der Waals surface area contributed by atoms with Gasteiger partial charge in [0.05, 0.1) is 24.5 Å². The molecule has 2 aromatic rings. The molecule has 1 amide bonds. The predicted octanol–water partition coefficient (Wildman–Crippen LogP) is 2.49. The van der Waals surface area contributed by atoms with Crippen LogP contribution in [-0.4, -0.2) is 73.0 Å². The summed E-state index contributed by atoms with van der Waals surface area (Å²) in [5.74, 6) is -0.168. The van der Waals surface area contributed by atoms with Gasteiger partial charge in [-0.3, -0.25) is 9.59 Å². The van der Waals surface area contributed by atoms with E-state index in [1.165, 1.54) is 32.8 Å². The number of nitrogens with zero attached hydrogens (tertiary/aromatic N) is 3. The fraction of sp³-hybridized carbons (Fsp3) is 0.381. The molecule has 3 rings (SSSR count). The Morgan fingerprint density at radius 2 is 1.91 bits per heavy atom. The fourth-order valence-corrected chi connectivity index (χ4v) is 5.94. The maximum absolute atomic E-state index is 12.6. The summed E-state index contributed by atoms with van der Waals surface area (Å²) >= 11 is 2.70. The van der Waals surface area contributed by atoms with Crippen molar-refractivity contribution in [2.24, 2.45) is 0 Å². The van der Waals surface area contributed by atoms with Crippen molar-refractivity contribution in [1.29, 1.82) is 0 Å². The molecule has 1 saturated heterocycles. The van der Waals surface area contributed by atoms with Crippen molar-refractivity contribution < 1.29 is 22.7 Å². The van der Waals surface area contributed by atoms with E-state index in [-0.39, 0.29) is 37.1 Å². The van der Waals surface area contributed by atoms with E-state index in [0.29, 0.717) is 29.7 Å². The molecule has 1 fully saturated rings. The first kappa shape index (κ1) is 24.4. The number of carbonyl (C=O) groups is 2. The Hall–Kier alpha value is -2.21. The number of sulfonamides is 1. The second-order valence-electron chi connectivity index (χ2n) is 6.91. The van der Waals surface area contributed by atoms with Crippen LogP contribution in [0.15, 0.2) is 45.5 Å². The molecule has 0 radical (unpaired) electrons. The molecule has 1 aromatic carbocycles. The first-order chi connectivity index (χ1) is 15.4. The Morgan fingerprint density at radius 3 is 2.59 bits per heavy atom. The number of ether oxygens (including phenoxy) is 1. The van der Waals surface area contributed by atoms with Crippen LogP contribution in [-0.2, 0) is 30.8 Å². The average Bonchev–Trinajstić information content (AvgIpc) is 3.24. The highest BCUT2D eigenvalue weighted by Gasteiger charge is 2.27. The summed E-state index contributed by atoms with van der Waals surface area (Å²) in [5.41, 5.74) is 1.44. The zero-order valence-corrected chi connectivity index (χ0v) is 20.1. The van der Waals surface area contributed by atoms with E-state index < -0.39 is 10.0 Å². The lowest BCUT2D eigenvalue weighted by molar-refractivity contribution is -0.142. The molecule has 1 aromatic heterocycles. The Balaban J connectivity index is 1.45. The summed E-state index contributed by atoms with van der Waals surface area (Å²) in [6.45, 7) is 3.31. The summed E-state index contributed by atoms with van der Waals surface area (Å²) < 4.78 is 32.1. The topological polar surface area (TPSA) is 96.9 Å². The molecule has 8 nitrogen and oxygen atoms in total. The number of hydrogen-bond donors (Lipinski definition) is 0. The van der Waals surface area contributed by atoms with Crippen LogP contribution in [0.5, 0.6) is 0 Å². The van der Waals surface area contributed by atoms with Crippen LogP contribution in [0.4, 0.5) is 0 Å². The summed E-state index contributed by atoms with van der Waals surface area (Å²) in [6, 6.07) is 9.24. The Bertz CT molecular complexity index is 1050. The Labute approximate surface area is 196 Å². The molecule has 0 atom stereocenters. The molecule has 0 bridgehead atoms. The molecule has 172 valence electrons. The molecule has 1 aliphatic rings. The van der Waals surface area contributed by atoms with Crippen LogP contribution in [0, 0.1) is 0 Å². The van der Waals surface area contributed by atoms with Crippen molar-refractivity contribution in [3.63, 3.8) is 0 Å². The van der Waals surface area contributed by atoms with E-state index in [9.17, 15) is 18.0 Å². The minimum Gasteiger partial charge on any atom is -0.466 e. The lowest BCUT2D eigenvalue weighted by Gasteiger charge is -2.33. The third-order valence-electron chi connectivity index (χ3n) is 4.66. The average molecular weight is 496 g/mol. The number of benzene rings is 1. The third-order valence-corrected chi connectivity index (χ3v) is 8.28. The summed E-state index contributed by atoms with van der Waals surface area (Å²) in [7, 11) is -3.53. The van der Waals surface area contributed by atoms with Gasteiger partial charge in [-0.1, -0.05) is 42.1 Å². The number of esters is 1. The van der Waals surface area contributed by atoms with Crippen molar-refractivity contribution in [3.05, 3.63) is 52.4 Å². The summed E-state index contributed by atoms with van der Waals surface area (Å²) in [5, 5.41) is 3.00. The maximum atomic E-state index is 12.6. The van der Waals surface area contributed by atoms with Gasteiger partial charge in [-0.25, -0.2) is 13.4 Å². The Morgan fingerprint density at radius 1 is 1.19 bits per heavy atom. The molecule has 0 aliphatic carbocycles. The van der Waals surface area contributed by atoms with Crippen LogP contribution in [0.1, 0.15) is 18.2 Å². The number of carbonyl (C=O) groups excluding carboxylic acids is 2. The van der Waals surface area contributed by atoms with Crippen LogP contribution < -0.4 is 0 Å². The highest BCUT2D eigenvalue weighted by atomic mass is 32.2. The van der Waals surface area contributed by atoms with Gasteiger partial charge in [-0.15, -0.1) is 11.3 Å². The number of thioether (sulfide) groups is 1. The molecule has 2 heterocycles. The first-order valence-corrected chi connectivity index (χ1v) is 13.5. The van der Waals surface area contributed by atoms with Crippen LogP contribution in [0.3, 0.4) is 0 Å². The number of aromatic nitrogens is 1. The van der Waals surface area contributed by atoms with E-state index in [1.54, 1.807) is 23.3 Å². The van der Waals surface area contributed by atoms with Crippen molar-refractivity contribution in [1.82, 2.24) is 14.2 Å². The molecular formula is C21H25N3O5S3. The van der Waals surface area contributed by atoms with Crippen molar-refractivity contribution >= 4 is 51.1 Å². The molecule has 1 aliphatic heterocycles. The van der Waals surface area contributed by atoms with Gasteiger partial charge >= 0.3 is 5.97 Å². The minimum absolute atomic E-state index is 0.0611. The van der Waals surface area contributed by atoms with Crippen LogP contribution in [0.2, 0.25) is 0 Å². The standard InChI is InChI=1S/C21H25N3O5S3/c1-2-29-20(26)14-18-15-30-21(22-18)31-16-19(25)23-9-11-24(12-10-23)32(27,28)13-8-17-6-4-3-5-7-17/h3-8,13,15H,2,9-12,14,16H2,1H3/b13-8+. The van der Waals surface area contributed by atoms with Crippen molar-refractivity contribution in [2.75, 3.05) is 38.5 Å². The lowest BCUT2D eigenvalue weighted by atomic mass is 10.2. The SMILES string of the molecule is CCOC(=O)Cc1csc(SCC(=O)N2CCN(S(=O)(=O)/C=C/c3ccccc3)CC2)n1. The number of amides is 1. The Kier molecular flexibility index (Phi) is 8.85. The number of hydrogen-bond acceptors (Lipinski definition) is 8. The van der Waals surface area contributed by atoms with E-state index in [1.807, 2.05) is 30.3 Å². The van der Waals surface area contributed by atoms with Gasteiger partial charge in [-0.2, -0.15) is 4.31 Å². The minimum atomic E-state index is -3.53. The van der Waals surface area contributed by atoms with Gasteiger partial charge in [0, 0.05) is 37.0 Å². The quantitative estimate of drug-likeness (QED) is 0.389. The lowest BCUT2D eigenvalue weighted by Crippen LogP contribution is -2.50. The van der Waals surface area contributed by atoms with Crippen molar-refractivity contribution in [2.45, 2.75) is 17.7 Å². The highest BCUT2D eigenvalue weighted by molar-refractivity contribution is 8.01.